The molecule has 2 aliphatic rings. The molecule has 0 amide bonds. The average Bonchev–Trinajstić information content (AvgIpc) is 3.31. The lowest BCUT2D eigenvalue weighted by Gasteiger charge is -2.24. The first-order valence-corrected chi connectivity index (χ1v) is 11.7. The van der Waals surface area contributed by atoms with E-state index in [0.29, 0.717) is 30.2 Å². The first-order chi connectivity index (χ1) is 16.7. The number of nitrogens with one attached hydrogen (secondary N) is 1. The number of alkyl halides is 2. The van der Waals surface area contributed by atoms with Crippen molar-refractivity contribution >= 4 is 22.7 Å². The normalized spacial score (nSPS) is 20.8. The van der Waals surface area contributed by atoms with Crippen molar-refractivity contribution in [3.05, 3.63) is 51.8 Å². The van der Waals surface area contributed by atoms with Gasteiger partial charge in [0.05, 0.1) is 30.6 Å². The Morgan fingerprint density at radius 1 is 1.23 bits per heavy atom. The van der Waals surface area contributed by atoms with Gasteiger partial charge in [0.25, 0.3) is 0 Å². The van der Waals surface area contributed by atoms with E-state index in [1.807, 2.05) is 35.2 Å². The number of H-pyrrole nitrogens is 1. The predicted octanol–water partition coefficient (Wildman–Crippen LogP) is 4.57. The molecule has 7 nitrogen and oxygen atoms in total. The van der Waals surface area contributed by atoms with Crippen molar-refractivity contribution in [2.75, 3.05) is 31.7 Å². The number of rotatable bonds is 5. The molecule has 3 heterocycles. The van der Waals surface area contributed by atoms with E-state index in [2.05, 4.69) is 4.98 Å². The summed E-state index contributed by atoms with van der Waals surface area (Å²) in [4.78, 5) is 36.3. The van der Waals surface area contributed by atoms with Gasteiger partial charge in [-0.1, -0.05) is 18.2 Å². The highest BCUT2D eigenvalue weighted by Crippen LogP contribution is 2.48. The zero-order chi connectivity index (χ0) is 24.9. The van der Waals surface area contributed by atoms with Crippen LogP contribution in [0, 0.1) is 18.8 Å². The van der Waals surface area contributed by atoms with E-state index < -0.39 is 17.3 Å². The highest BCUT2D eigenvalue weighted by molar-refractivity contribution is 6.00. The number of benzene rings is 1. The molecule has 5 rings (SSSR count). The van der Waals surface area contributed by atoms with Crippen LogP contribution in [0.3, 0.4) is 0 Å². The molecule has 1 saturated carbocycles. The van der Waals surface area contributed by atoms with Crippen molar-refractivity contribution in [2.45, 2.75) is 32.6 Å². The molecule has 2 fully saturated rings. The fourth-order valence-electron chi connectivity index (χ4n) is 5.51. The molecule has 1 aromatic carbocycles. The number of carbonyl (C=O) groups excluding carboxylic acids is 1. The largest absolute Gasteiger partial charge is 0.491 e. The number of anilines is 1. The lowest BCUT2D eigenvalue weighted by Crippen LogP contribution is -2.27. The zero-order valence-electron chi connectivity index (χ0n) is 19.9. The number of nitrogens with zero attached hydrogens (tertiary/aromatic N) is 2. The van der Waals surface area contributed by atoms with Crippen molar-refractivity contribution in [1.82, 2.24) is 9.97 Å². The number of fused-ring (bicyclic) bond motifs is 2. The van der Waals surface area contributed by atoms with Crippen molar-refractivity contribution < 1.29 is 23.0 Å². The molecule has 3 aromatic rings. The lowest BCUT2D eigenvalue weighted by molar-refractivity contribution is 0.00171. The SMILES string of the molecule is CCOC(=O)c1c(-c2cc3ccccc3nc2N2C[C@@H]3CC(F)(F)C[C@@H]3C2)[nH]c(C)c(OC)c1=O. The number of hydrogen-bond acceptors (Lipinski definition) is 6. The van der Waals surface area contributed by atoms with Crippen molar-refractivity contribution in [2.24, 2.45) is 11.8 Å². The van der Waals surface area contributed by atoms with Crippen LogP contribution in [-0.2, 0) is 4.74 Å². The standard InChI is InChI=1S/C26H27F2N3O4/c1-4-35-25(33)20-21(29-14(2)23(34-3)22(20)32)18-9-15-7-5-6-8-19(15)30-24(18)31-12-16-10-26(27,28)11-17(16)13-31/h5-9,16-17H,4,10-13H2,1-3H3,(H,29,32)/t16-,17+. The second-order valence-corrected chi connectivity index (χ2v) is 9.32. The van der Waals surface area contributed by atoms with Crippen LogP contribution in [-0.4, -0.2) is 48.7 Å². The minimum atomic E-state index is -2.63. The summed E-state index contributed by atoms with van der Waals surface area (Å²) in [5, 5.41) is 0.821. The van der Waals surface area contributed by atoms with Gasteiger partial charge in [0, 0.05) is 36.9 Å². The van der Waals surface area contributed by atoms with Gasteiger partial charge in [0.15, 0.2) is 5.75 Å². The number of esters is 1. The molecule has 0 radical (unpaired) electrons. The number of aromatic nitrogens is 2. The molecule has 2 atom stereocenters. The summed E-state index contributed by atoms with van der Waals surface area (Å²) in [6.07, 6.45) is -0.271. The highest BCUT2D eigenvalue weighted by atomic mass is 19.3. The van der Waals surface area contributed by atoms with Crippen molar-refractivity contribution in [3.8, 4) is 17.0 Å². The number of para-hydroxylation sites is 1. The Labute approximate surface area is 201 Å². The fraction of sp³-hybridized carbons (Fsp3) is 0.423. The van der Waals surface area contributed by atoms with E-state index >= 15 is 0 Å². The van der Waals surface area contributed by atoms with E-state index in [-0.39, 0.29) is 48.3 Å². The number of aromatic amines is 1. The molecule has 1 aliphatic heterocycles. The van der Waals surface area contributed by atoms with Gasteiger partial charge < -0.3 is 19.4 Å². The lowest BCUT2D eigenvalue weighted by atomic mass is 10.0. The Morgan fingerprint density at radius 3 is 2.57 bits per heavy atom. The minimum Gasteiger partial charge on any atom is -0.491 e. The predicted molar refractivity (Wildman–Crippen MR) is 128 cm³/mol. The maximum absolute atomic E-state index is 14.0. The van der Waals surface area contributed by atoms with Crippen LogP contribution in [0.4, 0.5) is 14.6 Å². The van der Waals surface area contributed by atoms with Crippen molar-refractivity contribution in [1.29, 1.82) is 0 Å². The minimum absolute atomic E-state index is 0.0324. The molecule has 0 bridgehead atoms. The molecule has 0 spiro atoms. The Kier molecular flexibility index (Phi) is 5.73. The molecule has 1 N–H and O–H groups in total. The second kappa shape index (κ2) is 8.62. The molecule has 9 heteroatoms. The van der Waals surface area contributed by atoms with Crippen LogP contribution >= 0.6 is 0 Å². The van der Waals surface area contributed by atoms with E-state index in [9.17, 15) is 18.4 Å². The average molecular weight is 484 g/mol. The third-order valence-corrected chi connectivity index (χ3v) is 6.99. The maximum atomic E-state index is 14.0. The van der Waals surface area contributed by atoms with E-state index in [1.165, 1.54) is 7.11 Å². The summed E-state index contributed by atoms with van der Waals surface area (Å²) < 4.78 is 38.4. The number of hydrogen-bond donors (Lipinski definition) is 1. The smallest absolute Gasteiger partial charge is 0.344 e. The van der Waals surface area contributed by atoms with Gasteiger partial charge in [-0.3, -0.25) is 4.79 Å². The topological polar surface area (TPSA) is 84.5 Å². The third-order valence-electron chi connectivity index (χ3n) is 6.99. The van der Waals surface area contributed by atoms with Crippen LogP contribution in [0.5, 0.6) is 5.75 Å². The van der Waals surface area contributed by atoms with Gasteiger partial charge in [-0.15, -0.1) is 0 Å². The van der Waals surface area contributed by atoms with Gasteiger partial charge in [-0.05, 0) is 37.8 Å². The zero-order valence-corrected chi connectivity index (χ0v) is 19.9. The summed E-state index contributed by atoms with van der Waals surface area (Å²) in [7, 11) is 1.37. The van der Waals surface area contributed by atoms with Crippen LogP contribution in [0.15, 0.2) is 35.1 Å². The van der Waals surface area contributed by atoms with Crippen LogP contribution in [0.1, 0.15) is 35.8 Å². The van der Waals surface area contributed by atoms with E-state index in [4.69, 9.17) is 14.5 Å². The van der Waals surface area contributed by atoms with Gasteiger partial charge in [-0.25, -0.2) is 18.6 Å². The highest BCUT2D eigenvalue weighted by Gasteiger charge is 2.50. The summed E-state index contributed by atoms with van der Waals surface area (Å²) >= 11 is 0. The summed E-state index contributed by atoms with van der Waals surface area (Å²) in [6, 6.07) is 9.40. The molecule has 35 heavy (non-hydrogen) atoms. The second-order valence-electron chi connectivity index (χ2n) is 9.32. The number of halogens is 2. The van der Waals surface area contributed by atoms with Crippen LogP contribution in [0.2, 0.25) is 0 Å². The number of aryl methyl sites for hydroxylation is 1. The summed E-state index contributed by atoms with van der Waals surface area (Å²) in [5.74, 6) is -3.08. The van der Waals surface area contributed by atoms with Gasteiger partial charge >= 0.3 is 5.97 Å². The Balaban J connectivity index is 1.71. The summed E-state index contributed by atoms with van der Waals surface area (Å²) in [5.41, 5.74) is 1.27. The number of pyridine rings is 2. The molecule has 1 aliphatic carbocycles. The van der Waals surface area contributed by atoms with Crippen LogP contribution < -0.4 is 15.1 Å². The number of methoxy groups -OCH3 is 1. The molecular weight excluding hydrogens is 456 g/mol. The molecule has 184 valence electrons. The summed E-state index contributed by atoms with van der Waals surface area (Å²) in [6.45, 7) is 4.33. The van der Waals surface area contributed by atoms with Crippen molar-refractivity contribution in [3.63, 3.8) is 0 Å². The number of carbonyl (C=O) groups is 1. The van der Waals surface area contributed by atoms with Gasteiger partial charge in [0.2, 0.25) is 11.4 Å². The molecule has 2 aromatic heterocycles. The Hall–Kier alpha value is -3.49. The first kappa shape index (κ1) is 23.3. The van der Waals surface area contributed by atoms with E-state index in [0.717, 1.165) is 10.9 Å². The monoisotopic (exact) mass is 483 g/mol. The third kappa shape index (κ3) is 4.02. The first-order valence-electron chi connectivity index (χ1n) is 11.7. The Bertz CT molecular complexity index is 1350. The maximum Gasteiger partial charge on any atom is 0.344 e. The van der Waals surface area contributed by atoms with Crippen LogP contribution in [0.25, 0.3) is 22.2 Å². The Morgan fingerprint density at radius 2 is 1.91 bits per heavy atom. The quantitative estimate of drug-likeness (QED) is 0.536. The van der Waals surface area contributed by atoms with Gasteiger partial charge in [0.1, 0.15) is 11.4 Å². The van der Waals surface area contributed by atoms with E-state index in [1.54, 1.807) is 13.8 Å². The molecular formula is C26H27F2N3O4. The molecule has 0 unspecified atom stereocenters. The fourth-order valence-corrected chi connectivity index (χ4v) is 5.51. The van der Waals surface area contributed by atoms with Gasteiger partial charge in [-0.2, -0.15) is 0 Å². The number of ether oxygens (including phenoxy) is 2. The molecule has 1 saturated heterocycles.